The summed E-state index contributed by atoms with van der Waals surface area (Å²) in [6.07, 6.45) is 6.08. The second-order valence-electron chi connectivity index (χ2n) is 8.00. The van der Waals surface area contributed by atoms with Crippen molar-refractivity contribution in [2.24, 2.45) is 7.05 Å². The lowest BCUT2D eigenvalue weighted by atomic mass is 9.99. The molecule has 0 saturated heterocycles. The first kappa shape index (κ1) is 19.9. The molecule has 0 saturated carbocycles. The normalized spacial score (nSPS) is 14.1. The van der Waals surface area contributed by atoms with E-state index >= 15 is 0 Å². The van der Waals surface area contributed by atoms with Crippen molar-refractivity contribution < 1.29 is 9.59 Å². The minimum Gasteiger partial charge on any atom is -0.351 e. The van der Waals surface area contributed by atoms with Gasteiger partial charge in [0.1, 0.15) is 5.69 Å². The summed E-state index contributed by atoms with van der Waals surface area (Å²) in [7, 11) is 5.37. The highest BCUT2D eigenvalue weighted by Gasteiger charge is 2.20. The predicted octanol–water partition coefficient (Wildman–Crippen LogP) is 2.85. The van der Waals surface area contributed by atoms with E-state index in [0.717, 1.165) is 40.7 Å². The van der Waals surface area contributed by atoms with Gasteiger partial charge >= 0.3 is 0 Å². The van der Waals surface area contributed by atoms with E-state index in [1.807, 2.05) is 36.3 Å². The van der Waals surface area contributed by atoms with Crippen molar-refractivity contribution in [2.45, 2.75) is 19.3 Å². The minimum atomic E-state index is -0.0469. The number of hydrogen-bond acceptors (Lipinski definition) is 3. The topological polar surface area (TPSA) is 74.2 Å². The number of carbonyl (C=O) groups is 2. The molecule has 3 heterocycles. The SMILES string of the molecule is CN(C)C(=O)c1cc2ccc(C3=CCCN(C(=O)CCc4ccn(C)n4)C3)cc2[nH]1. The van der Waals surface area contributed by atoms with Gasteiger partial charge in [-0.1, -0.05) is 18.2 Å². The zero-order chi connectivity index (χ0) is 21.3. The number of carbonyl (C=O) groups excluding carboxylic acids is 2. The van der Waals surface area contributed by atoms with Crippen LogP contribution in [-0.4, -0.2) is 63.6 Å². The lowest BCUT2D eigenvalue weighted by Gasteiger charge is -2.27. The zero-order valence-corrected chi connectivity index (χ0v) is 17.7. The molecule has 0 bridgehead atoms. The molecule has 1 N–H and O–H groups in total. The number of fused-ring (bicyclic) bond motifs is 1. The number of amides is 2. The van der Waals surface area contributed by atoms with Gasteiger partial charge in [-0.25, -0.2) is 0 Å². The zero-order valence-electron chi connectivity index (χ0n) is 17.7. The number of nitrogens with zero attached hydrogens (tertiary/aromatic N) is 4. The molecule has 1 aromatic carbocycles. The fraction of sp³-hybridized carbons (Fsp3) is 0.348. The van der Waals surface area contributed by atoms with Crippen molar-refractivity contribution in [3.05, 3.63) is 59.6 Å². The highest BCUT2D eigenvalue weighted by Crippen LogP contribution is 2.26. The minimum absolute atomic E-state index is 0.0469. The first-order valence-corrected chi connectivity index (χ1v) is 10.2. The molecule has 1 aliphatic heterocycles. The number of nitrogens with one attached hydrogen (secondary N) is 1. The monoisotopic (exact) mass is 405 g/mol. The van der Waals surface area contributed by atoms with Crippen molar-refractivity contribution in [1.29, 1.82) is 0 Å². The third-order valence-electron chi connectivity index (χ3n) is 5.50. The molecule has 7 heteroatoms. The fourth-order valence-corrected chi connectivity index (χ4v) is 3.84. The van der Waals surface area contributed by atoms with Gasteiger partial charge in [0, 0.05) is 64.2 Å². The van der Waals surface area contributed by atoms with E-state index in [9.17, 15) is 9.59 Å². The maximum absolute atomic E-state index is 12.7. The average molecular weight is 406 g/mol. The number of aryl methyl sites for hydroxylation is 2. The molecular weight excluding hydrogens is 378 g/mol. The largest absolute Gasteiger partial charge is 0.351 e. The van der Waals surface area contributed by atoms with Crippen molar-refractivity contribution >= 4 is 28.3 Å². The third-order valence-corrected chi connectivity index (χ3v) is 5.50. The molecule has 7 nitrogen and oxygen atoms in total. The van der Waals surface area contributed by atoms with E-state index in [-0.39, 0.29) is 11.8 Å². The average Bonchev–Trinajstić information content (AvgIpc) is 3.36. The summed E-state index contributed by atoms with van der Waals surface area (Å²) in [5.74, 6) is 0.111. The second-order valence-corrected chi connectivity index (χ2v) is 8.00. The number of H-pyrrole nitrogens is 1. The molecule has 0 aliphatic carbocycles. The maximum Gasteiger partial charge on any atom is 0.269 e. The van der Waals surface area contributed by atoms with E-state index in [1.54, 1.807) is 23.7 Å². The number of rotatable bonds is 5. The fourth-order valence-electron chi connectivity index (χ4n) is 3.84. The van der Waals surface area contributed by atoms with E-state index in [1.165, 1.54) is 0 Å². The summed E-state index contributed by atoms with van der Waals surface area (Å²) in [4.78, 5) is 31.7. The van der Waals surface area contributed by atoms with Crippen LogP contribution in [0.5, 0.6) is 0 Å². The van der Waals surface area contributed by atoms with Crippen LogP contribution in [0, 0.1) is 0 Å². The standard InChI is InChI=1S/C23H27N5O2/c1-26(2)23(30)21-14-17-7-6-16(13-20(17)24-21)18-5-4-11-28(15-18)22(29)9-8-19-10-12-27(3)25-19/h5-7,10,12-14,24H,4,8-9,11,15H2,1-3H3. The third kappa shape index (κ3) is 4.15. The lowest BCUT2D eigenvalue weighted by molar-refractivity contribution is -0.130. The Balaban J connectivity index is 1.45. The van der Waals surface area contributed by atoms with Crippen LogP contribution < -0.4 is 0 Å². The van der Waals surface area contributed by atoms with Gasteiger partial charge in [0.15, 0.2) is 0 Å². The van der Waals surface area contributed by atoms with E-state index in [2.05, 4.69) is 28.3 Å². The summed E-state index contributed by atoms with van der Waals surface area (Å²) >= 11 is 0. The Kier molecular flexibility index (Phi) is 5.44. The Morgan fingerprint density at radius 1 is 1.20 bits per heavy atom. The Bertz CT molecular complexity index is 1120. The highest BCUT2D eigenvalue weighted by atomic mass is 16.2. The van der Waals surface area contributed by atoms with Crippen LogP contribution in [0.2, 0.25) is 0 Å². The van der Waals surface area contributed by atoms with Gasteiger partial charge < -0.3 is 14.8 Å². The summed E-state index contributed by atoms with van der Waals surface area (Å²) < 4.78 is 1.76. The van der Waals surface area contributed by atoms with Crippen molar-refractivity contribution in [3.8, 4) is 0 Å². The Hall–Kier alpha value is -3.35. The lowest BCUT2D eigenvalue weighted by Crippen LogP contribution is -2.35. The van der Waals surface area contributed by atoms with Gasteiger partial charge in [0.25, 0.3) is 5.91 Å². The molecule has 0 unspecified atom stereocenters. The van der Waals surface area contributed by atoms with Crippen molar-refractivity contribution in [2.75, 3.05) is 27.2 Å². The van der Waals surface area contributed by atoms with Gasteiger partial charge in [0.05, 0.1) is 5.69 Å². The summed E-state index contributed by atoms with van der Waals surface area (Å²) in [6.45, 7) is 1.35. The molecule has 1 aliphatic rings. The number of aromatic amines is 1. The molecule has 0 radical (unpaired) electrons. The van der Waals surface area contributed by atoms with Gasteiger partial charge in [0.2, 0.25) is 5.91 Å². The Labute approximate surface area is 176 Å². The number of hydrogen-bond donors (Lipinski definition) is 1. The van der Waals surface area contributed by atoms with Crippen molar-refractivity contribution in [1.82, 2.24) is 24.6 Å². The van der Waals surface area contributed by atoms with Crippen LogP contribution in [0.3, 0.4) is 0 Å². The summed E-state index contributed by atoms with van der Waals surface area (Å²) in [5.41, 5.74) is 4.67. The molecule has 0 atom stereocenters. The van der Waals surface area contributed by atoms with Gasteiger partial charge in [-0.2, -0.15) is 5.10 Å². The number of aromatic nitrogens is 3. The van der Waals surface area contributed by atoms with Crippen LogP contribution in [0.15, 0.2) is 42.6 Å². The molecule has 0 spiro atoms. The summed E-state index contributed by atoms with van der Waals surface area (Å²) in [6, 6.07) is 9.99. The highest BCUT2D eigenvalue weighted by molar-refractivity contribution is 5.98. The molecule has 4 rings (SSSR count). The Morgan fingerprint density at radius 3 is 2.77 bits per heavy atom. The molecule has 2 amide bonds. The van der Waals surface area contributed by atoms with E-state index < -0.39 is 0 Å². The molecule has 2 aromatic heterocycles. The van der Waals surface area contributed by atoms with Crippen LogP contribution in [0.4, 0.5) is 0 Å². The quantitative estimate of drug-likeness (QED) is 0.709. The Morgan fingerprint density at radius 2 is 2.03 bits per heavy atom. The molecule has 30 heavy (non-hydrogen) atoms. The van der Waals surface area contributed by atoms with E-state index in [4.69, 9.17) is 0 Å². The maximum atomic E-state index is 12.7. The first-order chi connectivity index (χ1) is 14.4. The van der Waals surface area contributed by atoms with Gasteiger partial charge in [-0.05, 0) is 35.8 Å². The van der Waals surface area contributed by atoms with Crippen LogP contribution in [0.25, 0.3) is 16.5 Å². The number of benzene rings is 1. The van der Waals surface area contributed by atoms with Crippen molar-refractivity contribution in [3.63, 3.8) is 0 Å². The molecule has 156 valence electrons. The van der Waals surface area contributed by atoms with Crippen LogP contribution in [-0.2, 0) is 18.3 Å². The molecule has 0 fully saturated rings. The first-order valence-electron chi connectivity index (χ1n) is 10.2. The van der Waals surface area contributed by atoms with Crippen LogP contribution in [0.1, 0.15) is 34.6 Å². The van der Waals surface area contributed by atoms with Gasteiger partial charge in [-0.15, -0.1) is 0 Å². The smallest absolute Gasteiger partial charge is 0.269 e. The van der Waals surface area contributed by atoms with E-state index in [0.29, 0.717) is 25.1 Å². The van der Waals surface area contributed by atoms with Gasteiger partial charge in [-0.3, -0.25) is 14.3 Å². The molecular formula is C23H27N5O2. The summed E-state index contributed by atoms with van der Waals surface area (Å²) in [5, 5.41) is 5.35. The van der Waals surface area contributed by atoms with Crippen LogP contribution >= 0.6 is 0 Å². The molecule has 3 aromatic rings. The second kappa shape index (κ2) is 8.18. The predicted molar refractivity (Wildman–Crippen MR) is 117 cm³/mol.